The molecule has 424 valence electrons. The first-order chi connectivity index (χ1) is 35.6. The van der Waals surface area contributed by atoms with Crippen LogP contribution in [0.5, 0.6) is 0 Å². The zero-order valence-electron chi connectivity index (χ0n) is 46.6. The second-order valence-corrected chi connectivity index (χ2v) is 20.6. The molecule has 73 heavy (non-hydrogen) atoms. The van der Waals surface area contributed by atoms with Crippen molar-refractivity contribution in [3.8, 4) is 0 Å². The topological polar surface area (TPSA) is 175 Å². The van der Waals surface area contributed by atoms with E-state index in [2.05, 4.69) is 57.2 Å². The van der Waals surface area contributed by atoms with E-state index in [1.54, 1.807) is 0 Å². The first-order valence-corrected chi connectivity index (χ1v) is 30.0. The minimum Gasteiger partial charge on any atom is -0.479 e. The summed E-state index contributed by atoms with van der Waals surface area (Å²) in [5, 5.41) is 31.5. The highest BCUT2D eigenvalue weighted by Gasteiger charge is 2.50. The lowest BCUT2D eigenvalue weighted by Gasteiger charge is -2.40. The van der Waals surface area contributed by atoms with Crippen LogP contribution in [0.15, 0.2) is 36.5 Å². The molecule has 0 radical (unpaired) electrons. The number of hydrogen-bond acceptors (Lipinski definition) is 11. The second-order valence-electron chi connectivity index (χ2n) is 20.6. The van der Waals surface area contributed by atoms with Crippen molar-refractivity contribution in [1.82, 2.24) is 0 Å². The lowest BCUT2D eigenvalue weighted by atomic mass is 9.98. The number of carbonyl (C=O) groups excluding carboxylic acids is 3. The highest BCUT2D eigenvalue weighted by Crippen LogP contribution is 2.27. The number of ether oxygens (including phenoxy) is 5. The fourth-order valence-corrected chi connectivity index (χ4v) is 9.15. The van der Waals surface area contributed by atoms with E-state index >= 15 is 0 Å². The maximum atomic E-state index is 13.1. The molecule has 0 bridgehead atoms. The molecule has 0 amide bonds. The molecule has 12 heteroatoms. The Morgan fingerprint density at radius 1 is 0.466 bits per heavy atom. The van der Waals surface area contributed by atoms with Crippen molar-refractivity contribution in [2.24, 2.45) is 0 Å². The third-order valence-corrected chi connectivity index (χ3v) is 13.7. The van der Waals surface area contributed by atoms with Crippen molar-refractivity contribution in [1.29, 1.82) is 0 Å². The summed E-state index contributed by atoms with van der Waals surface area (Å²) >= 11 is 0. The monoisotopic (exact) mass is 1030 g/mol. The van der Waals surface area contributed by atoms with Gasteiger partial charge < -0.3 is 39.0 Å². The van der Waals surface area contributed by atoms with Crippen molar-refractivity contribution in [3.63, 3.8) is 0 Å². The van der Waals surface area contributed by atoms with Gasteiger partial charge in [-0.1, -0.05) is 243 Å². The normalized spacial score (nSPS) is 18.5. The number of hydrogen-bond donors (Lipinski definition) is 3. The van der Waals surface area contributed by atoms with Crippen molar-refractivity contribution in [2.45, 2.75) is 314 Å². The summed E-state index contributed by atoms with van der Waals surface area (Å²) in [6, 6.07) is 0. The van der Waals surface area contributed by atoms with Crippen LogP contribution in [-0.4, -0.2) is 89.2 Å². The number of esters is 3. The Hall–Kier alpha value is -3.06. The van der Waals surface area contributed by atoms with Gasteiger partial charge in [-0.05, 0) is 51.4 Å². The van der Waals surface area contributed by atoms with E-state index in [1.807, 2.05) is 0 Å². The summed E-state index contributed by atoms with van der Waals surface area (Å²) in [6.45, 7) is 5.87. The van der Waals surface area contributed by atoms with Crippen LogP contribution in [-0.2, 0) is 42.9 Å². The van der Waals surface area contributed by atoms with Crippen LogP contribution in [0.4, 0.5) is 0 Å². The molecule has 1 fully saturated rings. The molecule has 1 rings (SSSR count). The number of aliphatic hydroxyl groups is 2. The van der Waals surface area contributed by atoms with Gasteiger partial charge in [0, 0.05) is 19.3 Å². The van der Waals surface area contributed by atoms with E-state index in [9.17, 15) is 34.5 Å². The molecular weight excluding hydrogens is 925 g/mol. The van der Waals surface area contributed by atoms with Crippen LogP contribution < -0.4 is 0 Å². The van der Waals surface area contributed by atoms with Gasteiger partial charge in [-0.2, -0.15) is 0 Å². The average Bonchev–Trinajstić information content (AvgIpc) is 3.37. The first kappa shape index (κ1) is 68.0. The van der Waals surface area contributed by atoms with Crippen LogP contribution in [0.1, 0.15) is 278 Å². The Balaban J connectivity index is 2.61. The SMILES string of the molecule is CC/C=C\C/C=C\C/C=C\CCCCCCCC(=O)OCC(COC1OC(C(=O)O)C(O)C(O)C1OC(=O)CCCCCCCCCCCCCCCCCCCCC)OC(=O)CCCCCCCCCCC. The molecule has 1 heterocycles. The predicted octanol–water partition coefficient (Wildman–Crippen LogP) is 15.2. The lowest BCUT2D eigenvalue weighted by Crippen LogP contribution is -2.61. The van der Waals surface area contributed by atoms with Gasteiger partial charge in [-0.25, -0.2) is 4.79 Å². The van der Waals surface area contributed by atoms with E-state index in [1.165, 1.54) is 128 Å². The minimum absolute atomic E-state index is 0.0649. The van der Waals surface area contributed by atoms with Gasteiger partial charge in [0.05, 0.1) is 6.61 Å². The van der Waals surface area contributed by atoms with E-state index < -0.39 is 67.3 Å². The van der Waals surface area contributed by atoms with Gasteiger partial charge in [0.1, 0.15) is 18.8 Å². The summed E-state index contributed by atoms with van der Waals surface area (Å²) in [7, 11) is 0. The summed E-state index contributed by atoms with van der Waals surface area (Å²) < 4.78 is 28.4. The van der Waals surface area contributed by atoms with Crippen molar-refractivity contribution in [3.05, 3.63) is 36.5 Å². The largest absolute Gasteiger partial charge is 0.479 e. The zero-order chi connectivity index (χ0) is 53.3. The third-order valence-electron chi connectivity index (χ3n) is 13.7. The highest BCUT2D eigenvalue weighted by molar-refractivity contribution is 5.74. The molecule has 0 aromatic carbocycles. The standard InChI is InChI=1S/C61H108O12/c1-4-7-10-13-16-19-21-23-25-26-27-28-30-32-34-37-40-43-46-49-55(64)72-59-57(66)56(65)58(60(67)68)73-61(59)70-51-52(71-54(63)48-45-42-39-35-18-15-12-9-6-3)50-69-53(62)47-44-41-38-36-33-31-29-24-22-20-17-14-11-8-5-2/h8,11,17,20,24,29,52,56-59,61,65-66H,4-7,9-10,12-16,18-19,21-23,25-28,30-51H2,1-3H3,(H,67,68)/b11-8-,20-17-,29-24-. The summed E-state index contributed by atoms with van der Waals surface area (Å²) in [4.78, 5) is 51.0. The summed E-state index contributed by atoms with van der Waals surface area (Å²) in [5.74, 6) is -3.12. The number of carboxylic acid groups (broad SMARTS) is 1. The molecule has 0 aromatic heterocycles. The van der Waals surface area contributed by atoms with Crippen LogP contribution in [0.25, 0.3) is 0 Å². The van der Waals surface area contributed by atoms with Crippen molar-refractivity contribution < 1.29 is 58.2 Å². The molecule has 1 aliphatic rings. The van der Waals surface area contributed by atoms with Crippen LogP contribution in [0, 0.1) is 0 Å². The molecule has 1 saturated heterocycles. The van der Waals surface area contributed by atoms with Crippen LogP contribution in [0.3, 0.4) is 0 Å². The first-order valence-electron chi connectivity index (χ1n) is 30.0. The van der Waals surface area contributed by atoms with Gasteiger partial charge in [-0.3, -0.25) is 14.4 Å². The van der Waals surface area contributed by atoms with Gasteiger partial charge >= 0.3 is 23.9 Å². The van der Waals surface area contributed by atoms with Crippen LogP contribution in [0.2, 0.25) is 0 Å². The molecule has 0 saturated carbocycles. The van der Waals surface area contributed by atoms with Crippen molar-refractivity contribution >= 4 is 23.9 Å². The molecule has 3 N–H and O–H groups in total. The maximum Gasteiger partial charge on any atom is 0.335 e. The van der Waals surface area contributed by atoms with E-state index in [0.29, 0.717) is 19.3 Å². The van der Waals surface area contributed by atoms with Crippen LogP contribution >= 0.6 is 0 Å². The van der Waals surface area contributed by atoms with E-state index in [4.69, 9.17) is 23.7 Å². The molecule has 12 nitrogen and oxygen atoms in total. The lowest BCUT2D eigenvalue weighted by molar-refractivity contribution is -0.301. The smallest absolute Gasteiger partial charge is 0.335 e. The van der Waals surface area contributed by atoms with E-state index in [0.717, 1.165) is 89.9 Å². The fourth-order valence-electron chi connectivity index (χ4n) is 9.15. The predicted molar refractivity (Wildman–Crippen MR) is 294 cm³/mol. The Labute approximate surface area is 444 Å². The Bertz CT molecular complexity index is 1410. The van der Waals surface area contributed by atoms with Crippen molar-refractivity contribution in [2.75, 3.05) is 13.2 Å². The molecule has 1 aliphatic heterocycles. The number of carboxylic acids is 1. The Morgan fingerprint density at radius 3 is 1.32 bits per heavy atom. The van der Waals surface area contributed by atoms with Gasteiger partial charge in [0.25, 0.3) is 0 Å². The number of allylic oxidation sites excluding steroid dienone is 6. The Morgan fingerprint density at radius 2 is 0.863 bits per heavy atom. The van der Waals surface area contributed by atoms with Gasteiger partial charge in [0.15, 0.2) is 24.6 Å². The average molecular weight is 1030 g/mol. The molecule has 6 atom stereocenters. The minimum atomic E-state index is -1.90. The van der Waals surface area contributed by atoms with Gasteiger partial charge in [-0.15, -0.1) is 0 Å². The number of carbonyl (C=O) groups is 4. The second kappa shape index (κ2) is 49.8. The van der Waals surface area contributed by atoms with Gasteiger partial charge in [0.2, 0.25) is 0 Å². The molecular formula is C61H108O12. The summed E-state index contributed by atoms with van der Waals surface area (Å²) in [6.07, 6.45) is 45.6. The third kappa shape index (κ3) is 39.9. The number of rotatable bonds is 51. The highest BCUT2D eigenvalue weighted by atomic mass is 16.7. The zero-order valence-corrected chi connectivity index (χ0v) is 46.6. The quantitative estimate of drug-likeness (QED) is 0.0228. The fraction of sp³-hybridized carbons (Fsp3) is 0.836. The molecule has 0 spiro atoms. The summed E-state index contributed by atoms with van der Waals surface area (Å²) in [5.41, 5.74) is 0. The molecule has 0 aromatic rings. The maximum absolute atomic E-state index is 13.1. The number of aliphatic hydroxyl groups excluding tert-OH is 2. The van der Waals surface area contributed by atoms with E-state index in [-0.39, 0.29) is 25.9 Å². The Kier molecular flexibility index (Phi) is 46.4. The molecule has 0 aliphatic carbocycles. The molecule has 6 unspecified atom stereocenters. The number of unbranched alkanes of at least 4 members (excludes halogenated alkanes) is 31. The number of aliphatic carboxylic acids is 1.